The third-order valence-electron chi connectivity index (χ3n) is 2.49. The maximum Gasteiger partial charge on any atom is 0.0705 e. The van der Waals surface area contributed by atoms with E-state index < -0.39 is 0 Å². The van der Waals surface area contributed by atoms with E-state index in [-0.39, 0.29) is 0 Å². The molecule has 78 valence electrons. The first-order valence-corrected chi connectivity index (χ1v) is 5.09. The van der Waals surface area contributed by atoms with Gasteiger partial charge in [0.05, 0.1) is 18.3 Å². The van der Waals surface area contributed by atoms with Crippen LogP contribution in [-0.2, 0) is 6.54 Å². The van der Waals surface area contributed by atoms with Crippen LogP contribution in [-0.4, -0.2) is 20.0 Å². The number of nitrogens with zero attached hydrogens (tertiary/aromatic N) is 4. The van der Waals surface area contributed by atoms with Gasteiger partial charge < -0.3 is 0 Å². The Labute approximate surface area is 92.6 Å². The molecule has 2 heterocycles. The van der Waals surface area contributed by atoms with Crippen LogP contribution in [0.1, 0.15) is 5.56 Å². The molecule has 2 aromatic heterocycles. The summed E-state index contributed by atoms with van der Waals surface area (Å²) in [5.74, 6) is 0. The number of hydrogen-bond donors (Lipinski definition) is 0. The molecule has 0 atom stereocenters. The first kappa shape index (κ1) is 9.03. The Bertz CT molecular complexity index is 601. The molecule has 1 aromatic carbocycles. The lowest BCUT2D eigenvalue weighted by atomic mass is 10.1. The molecule has 0 aliphatic heterocycles. The van der Waals surface area contributed by atoms with Gasteiger partial charge in [0.2, 0.25) is 0 Å². The van der Waals surface area contributed by atoms with Crippen LogP contribution in [0.5, 0.6) is 0 Å². The van der Waals surface area contributed by atoms with Crippen LogP contribution in [0.15, 0.2) is 48.9 Å². The Morgan fingerprint density at radius 3 is 3.00 bits per heavy atom. The molecule has 3 aromatic rings. The van der Waals surface area contributed by atoms with E-state index in [9.17, 15) is 0 Å². The van der Waals surface area contributed by atoms with Crippen molar-refractivity contribution < 1.29 is 0 Å². The Morgan fingerprint density at radius 1 is 1.12 bits per heavy atom. The van der Waals surface area contributed by atoms with Gasteiger partial charge in [-0.1, -0.05) is 23.4 Å². The molecule has 0 spiro atoms. The van der Waals surface area contributed by atoms with Gasteiger partial charge in [0.15, 0.2) is 0 Å². The highest BCUT2D eigenvalue weighted by molar-refractivity contribution is 5.78. The van der Waals surface area contributed by atoms with Crippen molar-refractivity contribution in [2.75, 3.05) is 0 Å². The van der Waals surface area contributed by atoms with Gasteiger partial charge >= 0.3 is 0 Å². The fraction of sp³-hybridized carbons (Fsp3) is 0.0833. The zero-order valence-electron chi connectivity index (χ0n) is 8.61. The van der Waals surface area contributed by atoms with Crippen molar-refractivity contribution in [3.05, 3.63) is 54.5 Å². The van der Waals surface area contributed by atoms with Gasteiger partial charge in [0, 0.05) is 17.8 Å². The van der Waals surface area contributed by atoms with E-state index >= 15 is 0 Å². The molecule has 0 fully saturated rings. The Hall–Kier alpha value is -2.23. The van der Waals surface area contributed by atoms with E-state index in [1.54, 1.807) is 10.9 Å². The maximum absolute atomic E-state index is 4.33. The summed E-state index contributed by atoms with van der Waals surface area (Å²) >= 11 is 0. The van der Waals surface area contributed by atoms with Crippen molar-refractivity contribution in [1.29, 1.82) is 0 Å². The predicted octanol–water partition coefficient (Wildman–Crippen LogP) is 1.87. The Kier molecular flexibility index (Phi) is 2.11. The second-order valence-electron chi connectivity index (χ2n) is 3.63. The second-order valence-corrected chi connectivity index (χ2v) is 3.63. The van der Waals surface area contributed by atoms with Crippen molar-refractivity contribution in [2.24, 2.45) is 0 Å². The van der Waals surface area contributed by atoms with Crippen LogP contribution in [0.2, 0.25) is 0 Å². The normalized spacial score (nSPS) is 10.8. The molecule has 4 heteroatoms. The lowest BCUT2D eigenvalue weighted by Gasteiger charge is -2.02. The molecular weight excluding hydrogens is 200 g/mol. The standard InChI is InChI=1S/C12H10N4/c1-2-11-4-3-10(8-12(11)13-5-1)9-16-7-6-14-15-16/h1-8H,9H2. The summed E-state index contributed by atoms with van der Waals surface area (Å²) in [6.45, 7) is 0.729. The highest BCUT2D eigenvalue weighted by atomic mass is 15.4. The number of fused-ring (bicyclic) bond motifs is 1. The molecule has 0 saturated heterocycles. The number of pyridine rings is 1. The minimum absolute atomic E-state index is 0.729. The third kappa shape index (κ3) is 1.65. The number of hydrogen-bond acceptors (Lipinski definition) is 3. The summed E-state index contributed by atoms with van der Waals surface area (Å²) in [6, 6.07) is 10.2. The first-order chi connectivity index (χ1) is 7.92. The minimum Gasteiger partial charge on any atom is -0.256 e. The fourth-order valence-corrected chi connectivity index (χ4v) is 1.71. The summed E-state index contributed by atoms with van der Waals surface area (Å²) < 4.78 is 1.80. The van der Waals surface area contributed by atoms with Crippen LogP contribution in [0.25, 0.3) is 10.9 Å². The van der Waals surface area contributed by atoms with Gasteiger partial charge in [-0.05, 0) is 17.7 Å². The van der Waals surface area contributed by atoms with E-state index in [0.29, 0.717) is 0 Å². The second kappa shape index (κ2) is 3.73. The summed E-state index contributed by atoms with van der Waals surface area (Å²) in [4.78, 5) is 4.33. The summed E-state index contributed by atoms with van der Waals surface area (Å²) in [5, 5.41) is 8.87. The largest absolute Gasteiger partial charge is 0.256 e. The van der Waals surface area contributed by atoms with Crippen molar-refractivity contribution in [2.45, 2.75) is 6.54 Å². The Balaban J connectivity index is 1.99. The smallest absolute Gasteiger partial charge is 0.0705 e. The average Bonchev–Trinajstić information content (AvgIpc) is 2.82. The molecule has 0 aliphatic carbocycles. The van der Waals surface area contributed by atoms with Crippen molar-refractivity contribution in [1.82, 2.24) is 20.0 Å². The summed E-state index contributed by atoms with van der Waals surface area (Å²) in [6.07, 6.45) is 5.34. The first-order valence-electron chi connectivity index (χ1n) is 5.09. The maximum atomic E-state index is 4.33. The van der Waals surface area contributed by atoms with Crippen LogP contribution >= 0.6 is 0 Å². The van der Waals surface area contributed by atoms with E-state index in [1.807, 2.05) is 18.5 Å². The number of aromatic nitrogens is 4. The number of benzene rings is 1. The summed E-state index contributed by atoms with van der Waals surface area (Å²) in [5.41, 5.74) is 2.19. The van der Waals surface area contributed by atoms with Gasteiger partial charge in [-0.25, -0.2) is 4.68 Å². The van der Waals surface area contributed by atoms with Gasteiger partial charge in [0.1, 0.15) is 0 Å². The quantitative estimate of drug-likeness (QED) is 0.648. The van der Waals surface area contributed by atoms with E-state index in [0.717, 1.165) is 17.4 Å². The fourth-order valence-electron chi connectivity index (χ4n) is 1.71. The third-order valence-corrected chi connectivity index (χ3v) is 2.49. The lowest BCUT2D eigenvalue weighted by Crippen LogP contribution is -2.00. The SMILES string of the molecule is c1cnc2cc(Cn3ccnn3)ccc2c1. The van der Waals surface area contributed by atoms with Crippen molar-refractivity contribution in [3.8, 4) is 0 Å². The Morgan fingerprint density at radius 2 is 2.12 bits per heavy atom. The summed E-state index contributed by atoms with van der Waals surface area (Å²) in [7, 11) is 0. The molecule has 0 unspecified atom stereocenters. The highest BCUT2D eigenvalue weighted by Gasteiger charge is 1.98. The molecular formula is C12H10N4. The van der Waals surface area contributed by atoms with Gasteiger partial charge in [-0.3, -0.25) is 4.98 Å². The molecule has 16 heavy (non-hydrogen) atoms. The molecule has 3 rings (SSSR count). The van der Waals surface area contributed by atoms with Crippen LogP contribution < -0.4 is 0 Å². The van der Waals surface area contributed by atoms with E-state index in [4.69, 9.17) is 0 Å². The van der Waals surface area contributed by atoms with Crippen molar-refractivity contribution >= 4 is 10.9 Å². The number of rotatable bonds is 2. The van der Waals surface area contributed by atoms with Crippen LogP contribution in [0, 0.1) is 0 Å². The van der Waals surface area contributed by atoms with Crippen molar-refractivity contribution in [3.63, 3.8) is 0 Å². The predicted molar refractivity (Wildman–Crippen MR) is 60.9 cm³/mol. The van der Waals surface area contributed by atoms with Gasteiger partial charge in [-0.15, -0.1) is 5.10 Å². The molecule has 0 amide bonds. The molecule has 0 N–H and O–H groups in total. The van der Waals surface area contributed by atoms with Crippen LogP contribution in [0.3, 0.4) is 0 Å². The zero-order valence-corrected chi connectivity index (χ0v) is 8.61. The lowest BCUT2D eigenvalue weighted by molar-refractivity contribution is 0.650. The molecule has 0 aliphatic rings. The molecule has 0 saturated carbocycles. The van der Waals surface area contributed by atoms with E-state index in [2.05, 4.69) is 39.6 Å². The minimum atomic E-state index is 0.729. The topological polar surface area (TPSA) is 43.6 Å². The average molecular weight is 210 g/mol. The molecule has 0 bridgehead atoms. The zero-order chi connectivity index (χ0) is 10.8. The van der Waals surface area contributed by atoms with Crippen LogP contribution in [0.4, 0.5) is 0 Å². The molecule has 0 radical (unpaired) electrons. The van der Waals surface area contributed by atoms with Gasteiger partial charge in [-0.2, -0.15) is 0 Å². The van der Waals surface area contributed by atoms with E-state index in [1.165, 1.54) is 5.56 Å². The highest BCUT2D eigenvalue weighted by Crippen LogP contribution is 2.13. The molecule has 4 nitrogen and oxygen atoms in total. The monoisotopic (exact) mass is 210 g/mol. The van der Waals surface area contributed by atoms with Gasteiger partial charge in [0.25, 0.3) is 0 Å².